The van der Waals surface area contributed by atoms with Crippen LogP contribution in [0.15, 0.2) is 72.0 Å². The zero-order valence-electron chi connectivity index (χ0n) is 12.4. The van der Waals surface area contributed by atoms with Crippen LogP contribution < -0.4 is 0 Å². The highest BCUT2D eigenvalue weighted by Gasteiger charge is 2.12. The number of benzene rings is 2. The van der Waals surface area contributed by atoms with E-state index in [1.807, 2.05) is 71.4 Å². The topological polar surface area (TPSA) is 55.1 Å². The molecule has 0 bridgehead atoms. The van der Waals surface area contributed by atoms with E-state index < -0.39 is 5.97 Å². The molecule has 1 heterocycles. The largest absolute Gasteiger partial charge is 0.481 e. The summed E-state index contributed by atoms with van der Waals surface area (Å²) < 4.78 is 2.01. The molecule has 0 saturated carbocycles. The first kappa shape index (κ1) is 15.4. The van der Waals surface area contributed by atoms with Crippen LogP contribution in [-0.2, 0) is 4.79 Å². The second-order valence-electron chi connectivity index (χ2n) is 4.97. The number of nitrogens with zero attached hydrogens (tertiary/aromatic N) is 2. The predicted molar refractivity (Wildman–Crippen MR) is 92.0 cm³/mol. The van der Waals surface area contributed by atoms with E-state index >= 15 is 0 Å². The van der Waals surface area contributed by atoms with Crippen LogP contribution in [0, 0.1) is 0 Å². The van der Waals surface area contributed by atoms with Crippen molar-refractivity contribution in [3.63, 3.8) is 0 Å². The number of hydrogen-bond acceptors (Lipinski definition) is 3. The van der Waals surface area contributed by atoms with Crippen LogP contribution in [0.1, 0.15) is 6.42 Å². The first-order chi connectivity index (χ1) is 11.2. The molecule has 0 amide bonds. The summed E-state index contributed by atoms with van der Waals surface area (Å²) in [5, 5.41) is 9.62. The van der Waals surface area contributed by atoms with Gasteiger partial charge in [-0.3, -0.25) is 9.36 Å². The molecule has 0 aliphatic carbocycles. The highest BCUT2D eigenvalue weighted by atomic mass is 32.2. The Morgan fingerprint density at radius 3 is 2.35 bits per heavy atom. The van der Waals surface area contributed by atoms with Gasteiger partial charge in [0.15, 0.2) is 5.16 Å². The fourth-order valence-corrected chi connectivity index (χ4v) is 3.14. The third-order valence-electron chi connectivity index (χ3n) is 3.32. The van der Waals surface area contributed by atoms with Gasteiger partial charge in [-0.15, -0.1) is 0 Å². The Labute approximate surface area is 138 Å². The third kappa shape index (κ3) is 3.81. The van der Waals surface area contributed by atoms with E-state index in [0.29, 0.717) is 5.75 Å². The first-order valence-corrected chi connectivity index (χ1v) is 8.27. The Morgan fingerprint density at radius 1 is 1.04 bits per heavy atom. The van der Waals surface area contributed by atoms with Crippen molar-refractivity contribution in [1.29, 1.82) is 0 Å². The Kier molecular flexibility index (Phi) is 4.78. The number of carbonyl (C=O) groups is 1. The van der Waals surface area contributed by atoms with Gasteiger partial charge in [0.2, 0.25) is 0 Å². The molecule has 3 rings (SSSR count). The number of para-hydroxylation sites is 1. The van der Waals surface area contributed by atoms with Crippen LogP contribution in [0.5, 0.6) is 0 Å². The molecule has 0 aliphatic rings. The summed E-state index contributed by atoms with van der Waals surface area (Å²) in [7, 11) is 0. The van der Waals surface area contributed by atoms with E-state index in [9.17, 15) is 4.79 Å². The maximum atomic E-state index is 10.7. The van der Waals surface area contributed by atoms with Gasteiger partial charge in [0.05, 0.1) is 12.1 Å². The van der Waals surface area contributed by atoms with Crippen molar-refractivity contribution in [3.8, 4) is 16.9 Å². The molecule has 5 heteroatoms. The van der Waals surface area contributed by atoms with E-state index in [1.165, 1.54) is 11.8 Å². The van der Waals surface area contributed by atoms with Crippen LogP contribution in [0.3, 0.4) is 0 Å². The van der Waals surface area contributed by atoms with Gasteiger partial charge < -0.3 is 5.11 Å². The summed E-state index contributed by atoms with van der Waals surface area (Å²) in [5.74, 6) is -0.300. The summed E-state index contributed by atoms with van der Waals surface area (Å²) in [5.41, 5.74) is 2.94. The molecule has 0 saturated heterocycles. The second-order valence-corrected chi connectivity index (χ2v) is 6.03. The van der Waals surface area contributed by atoms with Gasteiger partial charge >= 0.3 is 5.97 Å². The van der Waals surface area contributed by atoms with Crippen LogP contribution in [-0.4, -0.2) is 26.4 Å². The summed E-state index contributed by atoms with van der Waals surface area (Å²) >= 11 is 1.46. The Bertz CT molecular complexity index is 785. The summed E-state index contributed by atoms with van der Waals surface area (Å²) in [4.78, 5) is 15.4. The minimum Gasteiger partial charge on any atom is -0.481 e. The summed E-state index contributed by atoms with van der Waals surface area (Å²) in [6.07, 6.45) is 2.11. The average molecular weight is 324 g/mol. The lowest BCUT2D eigenvalue weighted by molar-refractivity contribution is -0.136. The van der Waals surface area contributed by atoms with Gasteiger partial charge in [0.25, 0.3) is 0 Å². The Morgan fingerprint density at radius 2 is 1.70 bits per heavy atom. The lowest BCUT2D eigenvalue weighted by Gasteiger charge is -2.06. The molecule has 2 aromatic carbocycles. The first-order valence-electron chi connectivity index (χ1n) is 7.29. The molecule has 0 aliphatic heterocycles. The van der Waals surface area contributed by atoms with E-state index in [4.69, 9.17) is 5.11 Å². The molecular weight excluding hydrogens is 308 g/mol. The molecular formula is C18H16N2O2S. The fraction of sp³-hybridized carbons (Fsp3) is 0.111. The van der Waals surface area contributed by atoms with Gasteiger partial charge in [-0.2, -0.15) is 0 Å². The number of rotatable bonds is 6. The number of hydrogen-bond donors (Lipinski definition) is 1. The van der Waals surface area contributed by atoms with E-state index in [2.05, 4.69) is 4.98 Å². The molecule has 0 fully saturated rings. The predicted octanol–water partition coefficient (Wildman–Crippen LogP) is 4.11. The van der Waals surface area contributed by atoms with Gasteiger partial charge in [-0.1, -0.05) is 60.3 Å². The maximum absolute atomic E-state index is 10.7. The fourth-order valence-electron chi connectivity index (χ4n) is 2.22. The van der Waals surface area contributed by atoms with Crippen molar-refractivity contribution >= 4 is 17.7 Å². The average Bonchev–Trinajstić information content (AvgIpc) is 3.00. The Hall–Kier alpha value is -2.53. The highest BCUT2D eigenvalue weighted by Crippen LogP contribution is 2.27. The number of carboxylic acids is 1. The molecule has 1 aromatic heterocycles. The molecule has 0 spiro atoms. The SMILES string of the molecule is O=C(O)CCSc1nc(-c2ccccc2)cn1-c1ccccc1. The van der Waals surface area contributed by atoms with Crippen LogP contribution >= 0.6 is 11.8 Å². The number of carboxylic acid groups (broad SMARTS) is 1. The van der Waals surface area contributed by atoms with Crippen molar-refractivity contribution in [3.05, 3.63) is 66.9 Å². The smallest absolute Gasteiger partial charge is 0.304 e. The molecule has 0 radical (unpaired) electrons. The normalized spacial score (nSPS) is 10.6. The van der Waals surface area contributed by atoms with Gasteiger partial charge in [-0.25, -0.2) is 4.98 Å². The number of thioether (sulfide) groups is 1. The van der Waals surface area contributed by atoms with Crippen molar-refractivity contribution in [2.24, 2.45) is 0 Å². The number of aliphatic carboxylic acids is 1. The quantitative estimate of drug-likeness (QED) is 0.693. The number of aromatic nitrogens is 2. The third-order valence-corrected chi connectivity index (χ3v) is 4.28. The molecule has 1 N–H and O–H groups in total. The molecule has 0 unspecified atom stereocenters. The maximum Gasteiger partial charge on any atom is 0.304 e. The van der Waals surface area contributed by atoms with E-state index in [-0.39, 0.29) is 6.42 Å². The zero-order chi connectivity index (χ0) is 16.1. The lowest BCUT2D eigenvalue weighted by atomic mass is 10.2. The minimum absolute atomic E-state index is 0.118. The second kappa shape index (κ2) is 7.15. The minimum atomic E-state index is -0.793. The number of imidazole rings is 1. The van der Waals surface area contributed by atoms with Gasteiger partial charge in [0, 0.05) is 23.2 Å². The van der Waals surface area contributed by atoms with Crippen molar-refractivity contribution in [2.75, 3.05) is 5.75 Å². The van der Waals surface area contributed by atoms with Gasteiger partial charge in [-0.05, 0) is 12.1 Å². The highest BCUT2D eigenvalue weighted by molar-refractivity contribution is 7.99. The van der Waals surface area contributed by atoms with Crippen molar-refractivity contribution < 1.29 is 9.90 Å². The van der Waals surface area contributed by atoms with Crippen molar-refractivity contribution in [2.45, 2.75) is 11.6 Å². The van der Waals surface area contributed by atoms with Gasteiger partial charge in [0.1, 0.15) is 0 Å². The van der Waals surface area contributed by atoms with Crippen LogP contribution in [0.2, 0.25) is 0 Å². The van der Waals surface area contributed by atoms with Crippen molar-refractivity contribution in [1.82, 2.24) is 9.55 Å². The zero-order valence-corrected chi connectivity index (χ0v) is 13.2. The van der Waals surface area contributed by atoms with Crippen LogP contribution in [0.4, 0.5) is 0 Å². The molecule has 0 atom stereocenters. The molecule has 116 valence electrons. The lowest BCUT2D eigenvalue weighted by Crippen LogP contribution is -1.99. The summed E-state index contributed by atoms with van der Waals surface area (Å²) in [6.45, 7) is 0. The Balaban J connectivity index is 1.95. The van der Waals surface area contributed by atoms with E-state index in [0.717, 1.165) is 22.1 Å². The molecule has 23 heavy (non-hydrogen) atoms. The van der Waals surface area contributed by atoms with E-state index in [1.54, 1.807) is 0 Å². The molecule has 3 aromatic rings. The molecule has 4 nitrogen and oxygen atoms in total. The van der Waals surface area contributed by atoms with Crippen LogP contribution in [0.25, 0.3) is 16.9 Å². The monoisotopic (exact) mass is 324 g/mol. The summed E-state index contributed by atoms with van der Waals surface area (Å²) in [6, 6.07) is 19.9. The standard InChI is InChI=1S/C18H16N2O2S/c21-17(22)11-12-23-18-19-16(14-7-3-1-4-8-14)13-20(18)15-9-5-2-6-10-15/h1-10,13H,11-12H2,(H,21,22).